The summed E-state index contributed by atoms with van der Waals surface area (Å²) in [7, 11) is 0. The summed E-state index contributed by atoms with van der Waals surface area (Å²) in [6.45, 7) is 3.89. The van der Waals surface area contributed by atoms with E-state index in [1.165, 1.54) is 0 Å². The molecule has 0 amide bonds. The molecule has 30 heavy (non-hydrogen) atoms. The zero-order valence-corrected chi connectivity index (χ0v) is 17.6. The van der Waals surface area contributed by atoms with Gasteiger partial charge in [-0.1, -0.05) is 19.4 Å². The lowest BCUT2D eigenvalue weighted by atomic mass is 9.43. The fourth-order valence-corrected chi connectivity index (χ4v) is 7.73. The molecule has 0 aromatic heterocycles. The standard InChI is InChI=1S/C23H32O7/c1-21-6-3-13(24)9-12(21)10-14(20(28)29)18-15-4-7-23(30,8-5-17(26)27)22(15,2)11-16(25)19(18)21/h9,14-16,18-19,25,30H,3-8,10-11H2,1-2H3,(H,26,27)(H,28,29)/t14-,15+,16-,18+,19+,21+,22+,23+/m1/s1. The van der Waals surface area contributed by atoms with Crippen LogP contribution in [-0.2, 0) is 14.4 Å². The van der Waals surface area contributed by atoms with Crippen LogP contribution in [0.25, 0.3) is 0 Å². The molecule has 0 aliphatic heterocycles. The number of ketones is 1. The molecule has 0 aromatic rings. The number of aliphatic hydroxyl groups excluding tert-OH is 1. The number of hydrogen-bond donors (Lipinski definition) is 2. The maximum Gasteiger partial charge on any atom is 1.00 e. The molecule has 0 radical (unpaired) electrons. The van der Waals surface area contributed by atoms with E-state index in [4.69, 9.17) is 0 Å². The Morgan fingerprint density at radius 1 is 1.27 bits per heavy atom. The second kappa shape index (κ2) is 6.89. The van der Waals surface area contributed by atoms with Gasteiger partial charge >= 0.3 is 2.85 Å². The Morgan fingerprint density at radius 3 is 2.60 bits per heavy atom. The number of carboxylic acids is 2. The van der Waals surface area contributed by atoms with Gasteiger partial charge in [0.1, 0.15) is 0 Å². The van der Waals surface area contributed by atoms with Crippen molar-refractivity contribution < 1.29 is 37.7 Å². The number of carboxylic acid groups (broad SMARTS) is 2. The first kappa shape index (κ1) is 21.5. The highest BCUT2D eigenvalue weighted by Gasteiger charge is 2.67. The fourth-order valence-electron chi connectivity index (χ4n) is 7.73. The van der Waals surface area contributed by atoms with Crippen LogP contribution in [0, 0.1) is 34.5 Å². The number of hydrogen-bond acceptors (Lipinski definition) is 7. The average molecular weight is 421 g/mol. The zero-order valence-electron chi connectivity index (χ0n) is 19.6. The second-order valence-electron chi connectivity index (χ2n) is 10.5. The molecule has 2 N–H and O–H groups in total. The van der Waals surface area contributed by atoms with Gasteiger partial charge in [0.05, 0.1) is 11.7 Å². The minimum atomic E-state index is -1.29. The van der Waals surface area contributed by atoms with Crippen LogP contribution in [0.3, 0.4) is 0 Å². The number of carbonyl (C=O) groups excluding carboxylic acids is 3. The zero-order chi connectivity index (χ0) is 22.1. The molecular formula is C23H32O7. The van der Waals surface area contributed by atoms with Crippen molar-refractivity contribution in [3.8, 4) is 0 Å². The van der Waals surface area contributed by atoms with E-state index in [0.717, 1.165) is 5.57 Å². The molecule has 4 aliphatic carbocycles. The maximum absolute atomic E-state index is 12.2. The highest BCUT2D eigenvalue weighted by Crippen LogP contribution is 2.69. The predicted octanol–water partition coefficient (Wildman–Crippen LogP) is -0.0487. The summed E-state index contributed by atoms with van der Waals surface area (Å²) >= 11 is 0. The van der Waals surface area contributed by atoms with E-state index in [-0.39, 0.29) is 46.2 Å². The number of rotatable bonds is 4. The lowest BCUT2D eigenvalue weighted by molar-refractivity contribution is -0.318. The molecule has 0 saturated heterocycles. The Labute approximate surface area is 179 Å². The SMILES string of the molecule is C[C@]12CCC(=O)C=C1C[C@@H](C(=O)[O-])[C@@H]1[C@@H]2[C@H](O)C[C@@]2(C)[C@H]1CC[C@]2(O)CCC(=O)[O-].[H+].[H+]. The van der Waals surface area contributed by atoms with E-state index < -0.39 is 46.3 Å². The van der Waals surface area contributed by atoms with E-state index >= 15 is 0 Å². The number of aliphatic hydroxyl groups is 2. The third-order valence-electron chi connectivity index (χ3n) is 9.32. The third kappa shape index (κ3) is 2.88. The molecule has 8 atom stereocenters. The van der Waals surface area contributed by atoms with Crippen LogP contribution >= 0.6 is 0 Å². The van der Waals surface area contributed by atoms with Crippen molar-refractivity contribution in [2.75, 3.05) is 0 Å². The van der Waals surface area contributed by atoms with Crippen LogP contribution in [0.15, 0.2) is 11.6 Å². The van der Waals surface area contributed by atoms with Crippen molar-refractivity contribution >= 4 is 17.7 Å². The summed E-state index contributed by atoms with van der Waals surface area (Å²) in [5.74, 6) is -4.17. The molecule has 0 heterocycles. The molecule has 3 fully saturated rings. The number of carbonyl (C=O) groups is 3. The molecule has 166 valence electrons. The molecule has 4 aliphatic rings. The van der Waals surface area contributed by atoms with Crippen molar-refractivity contribution in [1.82, 2.24) is 0 Å². The normalized spacial score (nSPS) is 47.7. The van der Waals surface area contributed by atoms with Gasteiger partial charge in [0.25, 0.3) is 0 Å². The summed E-state index contributed by atoms with van der Waals surface area (Å²) in [5, 5.41) is 46.0. The third-order valence-corrected chi connectivity index (χ3v) is 9.32. The predicted molar refractivity (Wildman–Crippen MR) is 103 cm³/mol. The molecule has 4 rings (SSSR count). The molecule has 7 heteroatoms. The van der Waals surface area contributed by atoms with E-state index in [1.54, 1.807) is 6.08 Å². The Morgan fingerprint density at radius 2 is 1.97 bits per heavy atom. The van der Waals surface area contributed by atoms with Crippen molar-refractivity contribution in [2.45, 2.75) is 76.9 Å². The first-order chi connectivity index (χ1) is 13.9. The van der Waals surface area contributed by atoms with Gasteiger partial charge in [0.15, 0.2) is 5.78 Å². The monoisotopic (exact) mass is 420 g/mol. The summed E-state index contributed by atoms with van der Waals surface area (Å²) in [6, 6.07) is 0. The van der Waals surface area contributed by atoms with E-state index in [9.17, 15) is 34.8 Å². The first-order valence-corrected chi connectivity index (χ1v) is 11.0. The Hall–Kier alpha value is -1.73. The Kier molecular flexibility index (Phi) is 4.94. The molecule has 7 nitrogen and oxygen atoms in total. The van der Waals surface area contributed by atoms with Crippen LogP contribution in [0.5, 0.6) is 0 Å². The van der Waals surface area contributed by atoms with Gasteiger partial charge in [0, 0.05) is 29.7 Å². The van der Waals surface area contributed by atoms with Crippen LogP contribution < -0.4 is 10.2 Å². The first-order valence-electron chi connectivity index (χ1n) is 11.0. The van der Waals surface area contributed by atoms with Gasteiger partial charge in [-0.25, -0.2) is 0 Å². The van der Waals surface area contributed by atoms with Gasteiger partial charge in [-0.15, -0.1) is 0 Å². The Bertz CT molecular complexity index is 829. The quantitative estimate of drug-likeness (QED) is 0.650. The van der Waals surface area contributed by atoms with Gasteiger partial charge < -0.3 is 30.0 Å². The van der Waals surface area contributed by atoms with E-state index in [2.05, 4.69) is 0 Å². The van der Waals surface area contributed by atoms with Crippen LogP contribution in [0.1, 0.15) is 68.1 Å². The van der Waals surface area contributed by atoms with E-state index in [1.807, 2.05) is 13.8 Å². The van der Waals surface area contributed by atoms with Crippen LogP contribution in [0.4, 0.5) is 0 Å². The summed E-state index contributed by atoms with van der Waals surface area (Å²) < 4.78 is 0. The minimum absolute atomic E-state index is 0. The number of allylic oxidation sites excluding steroid dienone is 1. The highest BCUT2D eigenvalue weighted by atomic mass is 16.4. The van der Waals surface area contributed by atoms with Gasteiger partial charge in [-0.2, -0.15) is 0 Å². The minimum Gasteiger partial charge on any atom is -0.550 e. The number of aliphatic carboxylic acids is 2. The van der Waals surface area contributed by atoms with Crippen molar-refractivity contribution in [2.24, 2.45) is 34.5 Å². The summed E-state index contributed by atoms with van der Waals surface area (Å²) in [5.41, 5.74) is -1.75. The fraction of sp³-hybridized carbons (Fsp3) is 0.783. The van der Waals surface area contributed by atoms with Crippen LogP contribution in [0.2, 0.25) is 0 Å². The summed E-state index contributed by atoms with van der Waals surface area (Å²) in [4.78, 5) is 35.3. The maximum atomic E-state index is 12.2. The molecule has 0 unspecified atom stereocenters. The van der Waals surface area contributed by atoms with Crippen molar-refractivity contribution in [3.63, 3.8) is 0 Å². The summed E-state index contributed by atoms with van der Waals surface area (Å²) in [6.07, 6.45) is 2.87. The lowest BCUT2D eigenvalue weighted by Gasteiger charge is -2.63. The Balaban J connectivity index is 0.00000181. The second-order valence-corrected chi connectivity index (χ2v) is 10.5. The topological polar surface area (TPSA) is 138 Å². The molecule has 0 bridgehead atoms. The van der Waals surface area contributed by atoms with Gasteiger partial charge in [-0.05, 0) is 74.2 Å². The largest absolute Gasteiger partial charge is 1.00 e. The average Bonchev–Trinajstić information content (AvgIpc) is 2.91. The molecule has 0 spiro atoms. The number of fused-ring (bicyclic) bond motifs is 5. The lowest BCUT2D eigenvalue weighted by Crippen LogP contribution is -2.63. The highest BCUT2D eigenvalue weighted by molar-refractivity contribution is 5.92. The van der Waals surface area contributed by atoms with Crippen molar-refractivity contribution in [3.05, 3.63) is 11.6 Å². The molecule has 0 aromatic carbocycles. The molecular weight excluding hydrogens is 388 g/mol. The van der Waals surface area contributed by atoms with Crippen molar-refractivity contribution in [1.29, 1.82) is 0 Å². The van der Waals surface area contributed by atoms with Crippen LogP contribution in [-0.4, -0.2) is 39.6 Å². The molecule has 3 saturated carbocycles. The van der Waals surface area contributed by atoms with Gasteiger partial charge in [-0.3, -0.25) is 4.79 Å². The van der Waals surface area contributed by atoms with E-state index in [0.29, 0.717) is 25.7 Å². The van der Waals surface area contributed by atoms with Gasteiger partial charge in [0.2, 0.25) is 0 Å². The smallest absolute Gasteiger partial charge is 0.550 e.